The van der Waals surface area contributed by atoms with Gasteiger partial charge < -0.3 is 4.52 Å². The van der Waals surface area contributed by atoms with Crippen LogP contribution in [0.5, 0.6) is 0 Å². The van der Waals surface area contributed by atoms with Crippen molar-refractivity contribution in [2.24, 2.45) is 0 Å². The number of nitrogens with zero attached hydrogens (tertiary/aromatic N) is 1. The fourth-order valence-corrected chi connectivity index (χ4v) is 1.47. The third-order valence-electron chi connectivity index (χ3n) is 2.21. The Hall–Kier alpha value is -1.04. The summed E-state index contributed by atoms with van der Waals surface area (Å²) < 4.78 is 43.8. The van der Waals surface area contributed by atoms with E-state index in [1.807, 2.05) is 0 Å². The van der Waals surface area contributed by atoms with E-state index in [9.17, 15) is 13.2 Å². The van der Waals surface area contributed by atoms with Crippen molar-refractivity contribution < 1.29 is 22.4 Å². The van der Waals surface area contributed by atoms with E-state index in [2.05, 4.69) is 16.1 Å². The molecule has 14 heavy (non-hydrogen) atoms. The van der Waals surface area contributed by atoms with Gasteiger partial charge in [-0.15, -0.1) is 13.2 Å². The molecule has 1 fully saturated rings. The van der Waals surface area contributed by atoms with E-state index < -0.39 is 12.5 Å². The Kier molecular flexibility index (Phi) is 2.22. The molecule has 1 saturated carbocycles. The molecule has 1 radical (unpaired) electrons. The van der Waals surface area contributed by atoms with Gasteiger partial charge in [0.25, 0.3) is 0 Å². The Morgan fingerprint density at radius 2 is 2.21 bits per heavy atom. The first kappa shape index (κ1) is 9.51. The highest BCUT2D eigenvalue weighted by atomic mass is 19.4. The fraction of sp³-hybridized carbons (Fsp3) is 0.625. The van der Waals surface area contributed by atoms with E-state index in [-0.39, 0.29) is 5.92 Å². The molecule has 0 amide bonds. The second kappa shape index (κ2) is 3.27. The minimum atomic E-state index is -4.54. The molecule has 0 atom stereocenters. The molecule has 0 spiro atoms. The number of aromatic nitrogens is 1. The van der Waals surface area contributed by atoms with Crippen LogP contribution >= 0.6 is 0 Å². The lowest BCUT2D eigenvalue weighted by molar-refractivity contribution is -0.352. The predicted octanol–water partition coefficient (Wildman–Crippen LogP) is 2.26. The highest BCUT2D eigenvalue weighted by Crippen LogP contribution is 2.40. The molecule has 0 unspecified atom stereocenters. The highest BCUT2D eigenvalue weighted by Gasteiger charge is 2.41. The van der Waals surface area contributed by atoms with E-state index in [0.29, 0.717) is 18.6 Å². The normalized spacial score (nSPS) is 27.4. The third kappa shape index (κ3) is 2.06. The number of hydrogen-bond acceptors (Lipinski definition) is 3. The summed E-state index contributed by atoms with van der Waals surface area (Å²) in [6.45, 7) is 0. The molecule has 1 aliphatic rings. The minimum Gasteiger partial charge on any atom is -0.360 e. The molecular weight excluding hydrogens is 199 g/mol. The van der Waals surface area contributed by atoms with E-state index >= 15 is 0 Å². The molecule has 0 aliphatic heterocycles. The van der Waals surface area contributed by atoms with Crippen LogP contribution < -0.4 is 0 Å². The average Bonchev–Trinajstić information content (AvgIpc) is 2.45. The van der Waals surface area contributed by atoms with Gasteiger partial charge in [0.1, 0.15) is 12.0 Å². The standard InChI is InChI=1S/C8H7F3NO2/c9-8(10,11)13-6-3-5(4-6)7-1-2-12-14-7/h1,5-6H,3-4H2. The Bertz CT molecular complexity index is 290. The molecule has 0 N–H and O–H groups in total. The Morgan fingerprint density at radius 1 is 1.50 bits per heavy atom. The van der Waals surface area contributed by atoms with Crippen molar-refractivity contribution in [1.29, 1.82) is 0 Å². The van der Waals surface area contributed by atoms with E-state index in [1.165, 1.54) is 6.07 Å². The quantitative estimate of drug-likeness (QED) is 0.744. The summed E-state index contributed by atoms with van der Waals surface area (Å²) in [5, 5.41) is 3.36. The van der Waals surface area contributed by atoms with Gasteiger partial charge in [-0.2, -0.15) is 0 Å². The maximum absolute atomic E-state index is 11.7. The van der Waals surface area contributed by atoms with Crippen molar-refractivity contribution >= 4 is 0 Å². The van der Waals surface area contributed by atoms with Gasteiger partial charge in [-0.3, -0.25) is 4.74 Å². The van der Waals surface area contributed by atoms with Gasteiger partial charge in [-0.05, 0) is 12.8 Å². The number of halogens is 3. The summed E-state index contributed by atoms with van der Waals surface area (Å²) in [5.41, 5.74) is 0. The predicted molar refractivity (Wildman–Crippen MR) is 38.2 cm³/mol. The van der Waals surface area contributed by atoms with Gasteiger partial charge in [0, 0.05) is 12.0 Å². The minimum absolute atomic E-state index is 0.0129. The molecule has 6 heteroatoms. The summed E-state index contributed by atoms with van der Waals surface area (Å²) in [6.07, 6.45) is -2.18. The molecule has 3 nitrogen and oxygen atoms in total. The first-order chi connectivity index (χ1) is 6.54. The van der Waals surface area contributed by atoms with Gasteiger partial charge in [-0.25, -0.2) is 0 Å². The summed E-state index contributed by atoms with van der Waals surface area (Å²) >= 11 is 0. The Labute approximate surface area is 77.8 Å². The van der Waals surface area contributed by atoms with Gasteiger partial charge in [0.2, 0.25) is 0 Å². The summed E-state index contributed by atoms with van der Waals surface area (Å²) in [7, 11) is 0. The molecule has 0 bridgehead atoms. The van der Waals surface area contributed by atoms with Crippen LogP contribution in [0.3, 0.4) is 0 Å². The van der Waals surface area contributed by atoms with Crippen molar-refractivity contribution in [2.45, 2.75) is 31.2 Å². The maximum Gasteiger partial charge on any atom is 0.522 e. The van der Waals surface area contributed by atoms with Crippen molar-refractivity contribution in [3.63, 3.8) is 0 Å². The monoisotopic (exact) mass is 206 g/mol. The topological polar surface area (TPSA) is 35.3 Å². The van der Waals surface area contributed by atoms with E-state index in [4.69, 9.17) is 4.52 Å². The number of ether oxygens (including phenoxy) is 1. The molecule has 1 aromatic heterocycles. The van der Waals surface area contributed by atoms with Crippen LogP contribution in [0.15, 0.2) is 10.6 Å². The first-order valence-corrected chi connectivity index (χ1v) is 4.12. The third-order valence-corrected chi connectivity index (χ3v) is 2.21. The zero-order chi connectivity index (χ0) is 10.2. The van der Waals surface area contributed by atoms with Crippen LogP contribution in [0.2, 0.25) is 0 Å². The van der Waals surface area contributed by atoms with Crippen LogP contribution in [-0.2, 0) is 4.74 Å². The molecule has 2 rings (SSSR count). The van der Waals surface area contributed by atoms with Crippen molar-refractivity contribution in [3.8, 4) is 0 Å². The fourth-order valence-electron chi connectivity index (χ4n) is 1.47. The largest absolute Gasteiger partial charge is 0.522 e. The molecular formula is C8H7F3NO2. The lowest BCUT2D eigenvalue weighted by Gasteiger charge is -2.33. The van der Waals surface area contributed by atoms with Crippen molar-refractivity contribution in [3.05, 3.63) is 18.0 Å². The average molecular weight is 206 g/mol. The molecule has 1 heterocycles. The molecule has 1 aliphatic carbocycles. The SMILES string of the molecule is FC(F)(F)OC1CC(c2c[c]no2)C1. The van der Waals surface area contributed by atoms with E-state index in [0.717, 1.165) is 0 Å². The first-order valence-electron chi connectivity index (χ1n) is 4.12. The molecule has 77 valence electrons. The van der Waals surface area contributed by atoms with Gasteiger partial charge in [0.05, 0.1) is 6.10 Å². The highest BCUT2D eigenvalue weighted by molar-refractivity contribution is 5.07. The number of hydrogen-bond donors (Lipinski definition) is 0. The van der Waals surface area contributed by atoms with Crippen LogP contribution in [0.25, 0.3) is 0 Å². The second-order valence-electron chi connectivity index (χ2n) is 3.21. The van der Waals surface area contributed by atoms with Crippen LogP contribution in [-0.4, -0.2) is 17.6 Å². The molecule has 0 saturated heterocycles. The van der Waals surface area contributed by atoms with Gasteiger partial charge >= 0.3 is 6.36 Å². The van der Waals surface area contributed by atoms with Crippen LogP contribution in [0.4, 0.5) is 13.2 Å². The summed E-state index contributed by atoms with van der Waals surface area (Å²) in [5.74, 6) is 0.563. The van der Waals surface area contributed by atoms with Crippen molar-refractivity contribution in [2.75, 3.05) is 0 Å². The lowest BCUT2D eigenvalue weighted by Crippen LogP contribution is -2.34. The maximum atomic E-state index is 11.7. The zero-order valence-corrected chi connectivity index (χ0v) is 7.04. The molecule has 1 aromatic rings. The lowest BCUT2D eigenvalue weighted by atomic mass is 9.80. The number of alkyl halides is 3. The summed E-state index contributed by atoms with van der Waals surface area (Å²) in [4.78, 5) is 0. The number of rotatable bonds is 2. The Morgan fingerprint density at radius 3 is 2.71 bits per heavy atom. The van der Waals surface area contributed by atoms with E-state index in [1.54, 1.807) is 0 Å². The molecule has 0 aromatic carbocycles. The zero-order valence-electron chi connectivity index (χ0n) is 7.04. The Balaban J connectivity index is 1.80. The van der Waals surface area contributed by atoms with Gasteiger partial charge in [-0.1, -0.05) is 5.16 Å². The van der Waals surface area contributed by atoms with Crippen LogP contribution in [0, 0.1) is 6.20 Å². The van der Waals surface area contributed by atoms with Gasteiger partial charge in [0.15, 0.2) is 0 Å². The summed E-state index contributed by atoms with van der Waals surface area (Å²) in [6, 6.07) is 1.54. The second-order valence-corrected chi connectivity index (χ2v) is 3.21. The van der Waals surface area contributed by atoms with Crippen molar-refractivity contribution in [1.82, 2.24) is 5.16 Å². The smallest absolute Gasteiger partial charge is 0.360 e. The van der Waals surface area contributed by atoms with Crippen LogP contribution in [0.1, 0.15) is 24.5 Å².